The van der Waals surface area contributed by atoms with Crippen LogP contribution in [0.25, 0.3) is 0 Å². The predicted octanol–water partition coefficient (Wildman–Crippen LogP) is 1.64. The van der Waals surface area contributed by atoms with Crippen molar-refractivity contribution in [1.82, 2.24) is 25.4 Å². The van der Waals surface area contributed by atoms with E-state index in [0.29, 0.717) is 18.8 Å². The van der Waals surface area contributed by atoms with E-state index in [9.17, 15) is 4.79 Å². The topological polar surface area (TPSA) is 73.9 Å². The molecule has 0 fully saturated rings. The molecule has 0 saturated carbocycles. The number of nitrogens with zero attached hydrogens (tertiary/aromatic N) is 3. The summed E-state index contributed by atoms with van der Waals surface area (Å²) in [6, 6.07) is 0. The zero-order chi connectivity index (χ0) is 14.7. The standard InChI is InChI=1S/C14H19N5OS.ClH/c1-2-19(7-4-12-16-6-8-21-12)14(20)13-10-9-15-5-3-11(10)17-18-13;/h6,8,15H,2-5,7,9H2,1H3,(H,17,18);1H. The normalized spacial score (nSPS) is 13.3. The summed E-state index contributed by atoms with van der Waals surface area (Å²) in [6.45, 7) is 5.01. The van der Waals surface area contributed by atoms with E-state index in [1.54, 1.807) is 17.5 Å². The minimum Gasteiger partial charge on any atom is -0.337 e. The summed E-state index contributed by atoms with van der Waals surface area (Å²) >= 11 is 1.63. The lowest BCUT2D eigenvalue weighted by Crippen LogP contribution is -2.34. The highest BCUT2D eigenvalue weighted by atomic mass is 35.5. The number of fused-ring (bicyclic) bond motifs is 1. The summed E-state index contributed by atoms with van der Waals surface area (Å²) in [5, 5.41) is 13.6. The second-order valence-corrected chi connectivity index (χ2v) is 6.00. The zero-order valence-electron chi connectivity index (χ0n) is 12.5. The number of thiazole rings is 1. The first-order valence-electron chi connectivity index (χ1n) is 7.24. The third-order valence-corrected chi connectivity index (χ3v) is 4.60. The maximum atomic E-state index is 12.7. The monoisotopic (exact) mass is 341 g/mol. The van der Waals surface area contributed by atoms with Crippen LogP contribution in [-0.2, 0) is 19.4 Å². The maximum Gasteiger partial charge on any atom is 0.274 e. The predicted molar refractivity (Wildman–Crippen MR) is 88.6 cm³/mol. The highest BCUT2D eigenvalue weighted by Crippen LogP contribution is 2.17. The SMILES string of the molecule is CCN(CCc1nccs1)C(=O)c1n[nH]c2c1CNCC2.Cl. The highest BCUT2D eigenvalue weighted by Gasteiger charge is 2.24. The molecule has 0 aromatic carbocycles. The second-order valence-electron chi connectivity index (χ2n) is 5.02. The molecule has 8 heteroatoms. The van der Waals surface area contributed by atoms with Crippen molar-refractivity contribution in [3.05, 3.63) is 33.5 Å². The Balaban J connectivity index is 0.00000176. The van der Waals surface area contributed by atoms with Crippen molar-refractivity contribution in [2.75, 3.05) is 19.6 Å². The van der Waals surface area contributed by atoms with Gasteiger partial charge in [0, 0.05) is 61.9 Å². The second kappa shape index (κ2) is 7.71. The molecule has 0 radical (unpaired) electrons. The number of aromatic nitrogens is 3. The van der Waals surface area contributed by atoms with Crippen LogP contribution in [0.2, 0.25) is 0 Å². The molecule has 6 nitrogen and oxygen atoms in total. The van der Waals surface area contributed by atoms with Gasteiger partial charge >= 0.3 is 0 Å². The van der Waals surface area contributed by atoms with E-state index in [1.807, 2.05) is 17.2 Å². The van der Waals surface area contributed by atoms with Gasteiger partial charge in [0.2, 0.25) is 0 Å². The molecule has 120 valence electrons. The molecule has 0 bridgehead atoms. The molecule has 0 spiro atoms. The Kier molecular flexibility index (Phi) is 5.93. The number of carbonyl (C=O) groups is 1. The lowest BCUT2D eigenvalue weighted by atomic mass is 10.1. The van der Waals surface area contributed by atoms with E-state index in [2.05, 4.69) is 20.5 Å². The van der Waals surface area contributed by atoms with E-state index in [0.717, 1.165) is 42.2 Å². The van der Waals surface area contributed by atoms with Crippen LogP contribution in [0.15, 0.2) is 11.6 Å². The first kappa shape index (κ1) is 16.9. The Morgan fingerprint density at radius 1 is 1.50 bits per heavy atom. The molecule has 22 heavy (non-hydrogen) atoms. The van der Waals surface area contributed by atoms with Crippen molar-refractivity contribution in [2.24, 2.45) is 0 Å². The molecular weight excluding hydrogens is 322 g/mol. The van der Waals surface area contributed by atoms with Gasteiger partial charge in [0.15, 0.2) is 5.69 Å². The Hall–Kier alpha value is -1.44. The molecule has 0 unspecified atom stereocenters. The van der Waals surface area contributed by atoms with Gasteiger partial charge < -0.3 is 10.2 Å². The van der Waals surface area contributed by atoms with Crippen molar-refractivity contribution in [3.8, 4) is 0 Å². The fraction of sp³-hybridized carbons (Fsp3) is 0.500. The van der Waals surface area contributed by atoms with Crippen molar-refractivity contribution in [2.45, 2.75) is 26.3 Å². The van der Waals surface area contributed by atoms with Crippen molar-refractivity contribution in [3.63, 3.8) is 0 Å². The van der Waals surface area contributed by atoms with Crippen LogP contribution >= 0.6 is 23.7 Å². The van der Waals surface area contributed by atoms with Gasteiger partial charge in [-0.05, 0) is 6.92 Å². The van der Waals surface area contributed by atoms with E-state index >= 15 is 0 Å². The number of carbonyl (C=O) groups excluding carboxylic acids is 1. The molecule has 2 aromatic rings. The number of hydrogen-bond acceptors (Lipinski definition) is 5. The minimum absolute atomic E-state index is 0. The lowest BCUT2D eigenvalue weighted by Gasteiger charge is -2.20. The van der Waals surface area contributed by atoms with E-state index in [-0.39, 0.29) is 18.3 Å². The molecule has 3 rings (SSSR count). The maximum absolute atomic E-state index is 12.7. The molecule has 0 aliphatic carbocycles. The Bertz CT molecular complexity index is 613. The summed E-state index contributed by atoms with van der Waals surface area (Å²) in [6.07, 6.45) is 3.50. The van der Waals surface area contributed by atoms with E-state index < -0.39 is 0 Å². The molecular formula is C14H20ClN5OS. The average molecular weight is 342 g/mol. The number of rotatable bonds is 5. The lowest BCUT2D eigenvalue weighted by molar-refractivity contribution is 0.0759. The van der Waals surface area contributed by atoms with Gasteiger partial charge in [-0.2, -0.15) is 5.10 Å². The van der Waals surface area contributed by atoms with Crippen LogP contribution in [-0.4, -0.2) is 45.6 Å². The van der Waals surface area contributed by atoms with E-state index in [1.165, 1.54) is 0 Å². The summed E-state index contributed by atoms with van der Waals surface area (Å²) in [5.74, 6) is 0.00950. The Labute approximate surface area is 139 Å². The van der Waals surface area contributed by atoms with Gasteiger partial charge in [-0.15, -0.1) is 23.7 Å². The summed E-state index contributed by atoms with van der Waals surface area (Å²) < 4.78 is 0. The van der Waals surface area contributed by atoms with Crippen molar-refractivity contribution < 1.29 is 4.79 Å². The van der Waals surface area contributed by atoms with Crippen molar-refractivity contribution >= 4 is 29.7 Å². The van der Waals surface area contributed by atoms with Gasteiger partial charge in [-0.1, -0.05) is 0 Å². The molecule has 1 aliphatic rings. The summed E-state index contributed by atoms with van der Waals surface area (Å²) in [7, 11) is 0. The molecule has 0 atom stereocenters. The molecule has 2 N–H and O–H groups in total. The van der Waals surface area contributed by atoms with Crippen molar-refractivity contribution in [1.29, 1.82) is 0 Å². The quantitative estimate of drug-likeness (QED) is 0.867. The van der Waals surface area contributed by atoms with Crippen LogP contribution in [0.1, 0.15) is 33.7 Å². The van der Waals surface area contributed by atoms with Crippen LogP contribution in [0.4, 0.5) is 0 Å². The van der Waals surface area contributed by atoms with Crippen LogP contribution in [0.5, 0.6) is 0 Å². The van der Waals surface area contributed by atoms with Gasteiger partial charge in [0.1, 0.15) is 0 Å². The van der Waals surface area contributed by atoms with Gasteiger partial charge in [-0.25, -0.2) is 4.98 Å². The molecule has 2 aromatic heterocycles. The third-order valence-electron chi connectivity index (χ3n) is 3.76. The van der Waals surface area contributed by atoms with Crippen LogP contribution in [0.3, 0.4) is 0 Å². The first-order valence-corrected chi connectivity index (χ1v) is 8.12. The molecule has 0 saturated heterocycles. The fourth-order valence-corrected chi connectivity index (χ4v) is 3.17. The van der Waals surface area contributed by atoms with Gasteiger partial charge in [-0.3, -0.25) is 9.89 Å². The number of amides is 1. The summed E-state index contributed by atoms with van der Waals surface area (Å²) in [4.78, 5) is 18.8. The zero-order valence-corrected chi connectivity index (χ0v) is 14.1. The number of hydrogen-bond donors (Lipinski definition) is 2. The Morgan fingerprint density at radius 2 is 2.36 bits per heavy atom. The number of H-pyrrole nitrogens is 1. The van der Waals surface area contributed by atoms with Gasteiger partial charge in [0.05, 0.1) is 5.01 Å². The third kappa shape index (κ3) is 3.48. The minimum atomic E-state index is 0. The molecule has 1 amide bonds. The fourth-order valence-electron chi connectivity index (χ4n) is 2.56. The number of nitrogens with one attached hydrogen (secondary N) is 2. The Morgan fingerprint density at radius 3 is 3.09 bits per heavy atom. The number of halogens is 1. The highest BCUT2D eigenvalue weighted by molar-refractivity contribution is 7.09. The average Bonchev–Trinajstić information content (AvgIpc) is 3.17. The molecule has 3 heterocycles. The van der Waals surface area contributed by atoms with Gasteiger partial charge in [0.25, 0.3) is 5.91 Å². The molecule has 1 aliphatic heterocycles. The number of aromatic amines is 1. The number of likely N-dealkylation sites (N-methyl/N-ethyl adjacent to an activating group) is 1. The largest absolute Gasteiger partial charge is 0.337 e. The summed E-state index contributed by atoms with van der Waals surface area (Å²) in [5.41, 5.74) is 2.69. The van der Waals surface area contributed by atoms with Crippen LogP contribution < -0.4 is 5.32 Å². The smallest absolute Gasteiger partial charge is 0.274 e. The first-order chi connectivity index (χ1) is 10.3. The van der Waals surface area contributed by atoms with Crippen LogP contribution in [0, 0.1) is 0 Å². The van der Waals surface area contributed by atoms with E-state index in [4.69, 9.17) is 0 Å².